The molecule has 27 heavy (non-hydrogen) atoms. The van der Waals surface area contributed by atoms with Gasteiger partial charge < -0.3 is 19.5 Å². The molecule has 0 fully saturated rings. The third-order valence-corrected chi connectivity index (χ3v) is 4.24. The molecule has 4 heteroatoms. The number of ether oxygens (including phenoxy) is 3. The van der Waals surface area contributed by atoms with E-state index in [9.17, 15) is 0 Å². The molecule has 3 rings (SSSR count). The van der Waals surface area contributed by atoms with Crippen LogP contribution in [0.2, 0.25) is 0 Å². The summed E-state index contributed by atoms with van der Waals surface area (Å²) in [7, 11) is 3.30. The third-order valence-electron chi connectivity index (χ3n) is 4.24. The molecule has 3 aromatic carbocycles. The Bertz CT molecular complexity index is 849. The van der Waals surface area contributed by atoms with Gasteiger partial charge in [0.1, 0.15) is 11.5 Å². The van der Waals surface area contributed by atoms with Crippen LogP contribution in [0.3, 0.4) is 0 Å². The number of hydrogen-bond donors (Lipinski definition) is 1. The number of nitrogens with one attached hydrogen (secondary N) is 1. The first-order valence-electron chi connectivity index (χ1n) is 9.02. The van der Waals surface area contributed by atoms with Crippen molar-refractivity contribution in [2.24, 2.45) is 0 Å². The molecule has 0 aliphatic heterocycles. The van der Waals surface area contributed by atoms with Gasteiger partial charge in [-0.3, -0.25) is 0 Å². The van der Waals surface area contributed by atoms with Crippen molar-refractivity contribution in [3.05, 3.63) is 83.9 Å². The highest BCUT2D eigenvalue weighted by Gasteiger charge is 2.04. The van der Waals surface area contributed by atoms with Crippen LogP contribution >= 0.6 is 0 Å². The molecule has 0 aliphatic carbocycles. The second-order valence-electron chi connectivity index (χ2n) is 6.18. The van der Waals surface area contributed by atoms with E-state index in [1.54, 1.807) is 14.2 Å². The lowest BCUT2D eigenvalue weighted by Gasteiger charge is -2.11. The van der Waals surface area contributed by atoms with Gasteiger partial charge in [-0.1, -0.05) is 36.4 Å². The molecule has 0 saturated heterocycles. The first kappa shape index (κ1) is 18.8. The van der Waals surface area contributed by atoms with E-state index in [4.69, 9.17) is 14.2 Å². The SMILES string of the molecule is COc1ccc(CCNCc2cccc(Oc3ccccc3)c2)cc1OC. The zero-order valence-corrected chi connectivity index (χ0v) is 15.8. The fourth-order valence-electron chi connectivity index (χ4n) is 2.85. The molecule has 0 saturated carbocycles. The van der Waals surface area contributed by atoms with Gasteiger partial charge in [0.2, 0.25) is 0 Å². The van der Waals surface area contributed by atoms with Gasteiger partial charge in [0, 0.05) is 6.54 Å². The highest BCUT2D eigenvalue weighted by atomic mass is 16.5. The van der Waals surface area contributed by atoms with Gasteiger partial charge in [-0.25, -0.2) is 0 Å². The molecular formula is C23H25NO3. The van der Waals surface area contributed by atoms with Crippen LogP contribution in [-0.2, 0) is 13.0 Å². The van der Waals surface area contributed by atoms with E-state index >= 15 is 0 Å². The predicted molar refractivity (Wildman–Crippen MR) is 108 cm³/mol. The van der Waals surface area contributed by atoms with Crippen LogP contribution in [0.5, 0.6) is 23.0 Å². The van der Waals surface area contributed by atoms with Gasteiger partial charge in [0.25, 0.3) is 0 Å². The second kappa shape index (κ2) is 9.64. The Kier molecular flexibility index (Phi) is 6.72. The van der Waals surface area contributed by atoms with Gasteiger partial charge in [-0.15, -0.1) is 0 Å². The third kappa shape index (κ3) is 5.50. The van der Waals surface area contributed by atoms with Crippen LogP contribution in [0, 0.1) is 0 Å². The minimum atomic E-state index is 0.754. The Morgan fingerprint density at radius 1 is 0.704 bits per heavy atom. The van der Waals surface area contributed by atoms with E-state index in [-0.39, 0.29) is 0 Å². The first-order valence-corrected chi connectivity index (χ1v) is 9.02. The zero-order valence-electron chi connectivity index (χ0n) is 15.8. The minimum Gasteiger partial charge on any atom is -0.493 e. The molecule has 0 radical (unpaired) electrons. The van der Waals surface area contributed by atoms with Crippen molar-refractivity contribution in [2.45, 2.75) is 13.0 Å². The molecule has 3 aromatic rings. The summed E-state index contributed by atoms with van der Waals surface area (Å²) >= 11 is 0. The van der Waals surface area contributed by atoms with Crippen LogP contribution in [0.15, 0.2) is 72.8 Å². The Balaban J connectivity index is 1.50. The summed E-state index contributed by atoms with van der Waals surface area (Å²) in [6.45, 7) is 1.67. The molecular weight excluding hydrogens is 338 g/mol. The lowest BCUT2D eigenvalue weighted by Crippen LogP contribution is -2.16. The van der Waals surface area contributed by atoms with Gasteiger partial charge in [-0.2, -0.15) is 0 Å². The normalized spacial score (nSPS) is 10.4. The topological polar surface area (TPSA) is 39.7 Å². The van der Waals surface area contributed by atoms with E-state index in [0.717, 1.165) is 42.5 Å². The largest absolute Gasteiger partial charge is 0.493 e. The Labute approximate surface area is 160 Å². The molecule has 0 amide bonds. The van der Waals surface area contributed by atoms with Crippen LogP contribution in [0.4, 0.5) is 0 Å². The van der Waals surface area contributed by atoms with Gasteiger partial charge in [-0.05, 0) is 60.5 Å². The maximum Gasteiger partial charge on any atom is 0.160 e. The molecule has 4 nitrogen and oxygen atoms in total. The van der Waals surface area contributed by atoms with Crippen LogP contribution < -0.4 is 19.5 Å². The van der Waals surface area contributed by atoms with Crippen molar-refractivity contribution in [2.75, 3.05) is 20.8 Å². The van der Waals surface area contributed by atoms with Gasteiger partial charge in [0.05, 0.1) is 14.2 Å². The van der Waals surface area contributed by atoms with Crippen LogP contribution in [0.1, 0.15) is 11.1 Å². The number of methoxy groups -OCH3 is 2. The molecule has 0 unspecified atom stereocenters. The van der Waals surface area contributed by atoms with Crippen LogP contribution in [0.25, 0.3) is 0 Å². The molecule has 1 N–H and O–H groups in total. The Hall–Kier alpha value is -2.98. The summed E-state index contributed by atoms with van der Waals surface area (Å²) in [6, 6.07) is 24.0. The maximum absolute atomic E-state index is 5.89. The van der Waals surface area contributed by atoms with E-state index in [2.05, 4.69) is 23.5 Å². The molecule has 140 valence electrons. The summed E-state index contributed by atoms with van der Waals surface area (Å²) in [6.07, 6.45) is 0.917. The number of rotatable bonds is 9. The van der Waals surface area contributed by atoms with Crippen LogP contribution in [-0.4, -0.2) is 20.8 Å². The fraction of sp³-hybridized carbons (Fsp3) is 0.217. The molecule has 0 spiro atoms. The van der Waals surface area contributed by atoms with Gasteiger partial charge >= 0.3 is 0 Å². The summed E-state index contributed by atoms with van der Waals surface area (Å²) in [5, 5.41) is 3.48. The number of benzene rings is 3. The van der Waals surface area contributed by atoms with E-state index in [1.165, 1.54) is 11.1 Å². The van der Waals surface area contributed by atoms with Crippen molar-refractivity contribution in [1.82, 2.24) is 5.32 Å². The summed E-state index contributed by atoms with van der Waals surface area (Å²) < 4.78 is 16.5. The Morgan fingerprint density at radius 3 is 2.26 bits per heavy atom. The highest BCUT2D eigenvalue weighted by molar-refractivity contribution is 5.43. The standard InChI is InChI=1S/C23H25NO3/c1-25-22-12-11-18(16-23(22)26-2)13-14-24-17-19-7-6-10-21(15-19)27-20-8-4-3-5-9-20/h3-12,15-16,24H,13-14,17H2,1-2H3. The maximum atomic E-state index is 5.89. The molecule has 0 heterocycles. The summed E-state index contributed by atoms with van der Waals surface area (Å²) in [4.78, 5) is 0. The lowest BCUT2D eigenvalue weighted by atomic mass is 10.1. The quantitative estimate of drug-likeness (QED) is 0.553. The van der Waals surface area contributed by atoms with Crippen molar-refractivity contribution < 1.29 is 14.2 Å². The number of para-hydroxylation sites is 1. The summed E-state index contributed by atoms with van der Waals surface area (Å²) in [5.41, 5.74) is 2.40. The smallest absolute Gasteiger partial charge is 0.160 e. The van der Waals surface area contributed by atoms with Crippen molar-refractivity contribution in [3.8, 4) is 23.0 Å². The molecule has 0 bridgehead atoms. The minimum absolute atomic E-state index is 0.754. The van der Waals surface area contributed by atoms with Gasteiger partial charge in [0.15, 0.2) is 11.5 Å². The van der Waals surface area contributed by atoms with E-state index in [0.29, 0.717) is 0 Å². The highest BCUT2D eigenvalue weighted by Crippen LogP contribution is 2.27. The van der Waals surface area contributed by atoms with Crippen molar-refractivity contribution >= 4 is 0 Å². The van der Waals surface area contributed by atoms with E-state index in [1.807, 2.05) is 54.6 Å². The monoisotopic (exact) mass is 363 g/mol. The molecule has 0 aliphatic rings. The average Bonchev–Trinajstić information content (AvgIpc) is 2.72. The van der Waals surface area contributed by atoms with Crippen molar-refractivity contribution in [3.63, 3.8) is 0 Å². The zero-order chi connectivity index (χ0) is 18.9. The fourth-order valence-corrected chi connectivity index (χ4v) is 2.85. The first-order chi connectivity index (χ1) is 13.3. The Morgan fingerprint density at radius 2 is 1.48 bits per heavy atom. The average molecular weight is 363 g/mol. The lowest BCUT2D eigenvalue weighted by molar-refractivity contribution is 0.354. The van der Waals surface area contributed by atoms with Crippen molar-refractivity contribution in [1.29, 1.82) is 0 Å². The number of hydrogen-bond acceptors (Lipinski definition) is 4. The summed E-state index contributed by atoms with van der Waals surface area (Å²) in [5.74, 6) is 3.21. The molecule has 0 aromatic heterocycles. The molecule has 0 atom stereocenters. The second-order valence-corrected chi connectivity index (χ2v) is 6.18. The predicted octanol–water partition coefficient (Wildman–Crippen LogP) is 4.83. The van der Waals surface area contributed by atoms with E-state index < -0.39 is 0 Å².